The lowest BCUT2D eigenvalue weighted by Crippen LogP contribution is -2.49. The van der Waals surface area contributed by atoms with E-state index in [0.29, 0.717) is 25.8 Å². The molecule has 0 aliphatic carbocycles. The van der Waals surface area contributed by atoms with Gasteiger partial charge >= 0.3 is 5.97 Å². The molecule has 0 radical (unpaired) electrons. The lowest BCUT2D eigenvalue weighted by Gasteiger charge is -2.35. The molecule has 1 rings (SSSR count). The summed E-state index contributed by atoms with van der Waals surface area (Å²) in [5.74, 6) is -0.145. The Morgan fingerprint density at radius 3 is 2.93 bits per heavy atom. The van der Waals surface area contributed by atoms with Crippen LogP contribution in [0.3, 0.4) is 0 Å². The standard InChI is InChI=1S/C10H19NO3/c1-4-13-10(12)6-11-5-9(3)14-7-8(11)2/h8-9H,4-7H2,1-3H3/t8-,9+/m1/s1. The fraction of sp³-hybridized carbons (Fsp3) is 0.900. The average Bonchev–Trinajstić information content (AvgIpc) is 2.12. The van der Waals surface area contributed by atoms with Crippen molar-refractivity contribution in [3.05, 3.63) is 0 Å². The molecule has 1 saturated heterocycles. The summed E-state index contributed by atoms with van der Waals surface area (Å²) in [7, 11) is 0. The van der Waals surface area contributed by atoms with Crippen LogP contribution in [0, 0.1) is 0 Å². The van der Waals surface area contributed by atoms with Gasteiger partial charge in [-0.15, -0.1) is 0 Å². The number of ether oxygens (including phenoxy) is 2. The van der Waals surface area contributed by atoms with Crippen molar-refractivity contribution in [1.29, 1.82) is 0 Å². The van der Waals surface area contributed by atoms with Gasteiger partial charge in [0.1, 0.15) is 0 Å². The lowest BCUT2D eigenvalue weighted by atomic mass is 10.2. The number of carbonyl (C=O) groups excluding carboxylic acids is 1. The summed E-state index contributed by atoms with van der Waals surface area (Å²) in [5.41, 5.74) is 0. The number of rotatable bonds is 3. The Balaban J connectivity index is 2.37. The molecule has 4 nitrogen and oxygen atoms in total. The van der Waals surface area contributed by atoms with Crippen LogP contribution in [0.5, 0.6) is 0 Å². The van der Waals surface area contributed by atoms with Crippen LogP contribution in [0.1, 0.15) is 20.8 Å². The molecule has 0 N–H and O–H groups in total. The predicted molar refractivity (Wildman–Crippen MR) is 53.1 cm³/mol. The van der Waals surface area contributed by atoms with Crippen molar-refractivity contribution in [3.63, 3.8) is 0 Å². The zero-order valence-electron chi connectivity index (χ0n) is 9.16. The van der Waals surface area contributed by atoms with E-state index in [-0.39, 0.29) is 12.1 Å². The monoisotopic (exact) mass is 201 g/mol. The number of hydrogen-bond acceptors (Lipinski definition) is 4. The van der Waals surface area contributed by atoms with Crippen LogP contribution in [-0.4, -0.2) is 49.3 Å². The van der Waals surface area contributed by atoms with Gasteiger partial charge < -0.3 is 9.47 Å². The van der Waals surface area contributed by atoms with Crippen LogP contribution < -0.4 is 0 Å². The molecule has 2 atom stereocenters. The van der Waals surface area contributed by atoms with Gasteiger partial charge in [0.25, 0.3) is 0 Å². The lowest BCUT2D eigenvalue weighted by molar-refractivity contribution is -0.147. The highest BCUT2D eigenvalue weighted by Crippen LogP contribution is 2.10. The third-order valence-corrected chi connectivity index (χ3v) is 2.37. The first-order chi connectivity index (χ1) is 6.63. The van der Waals surface area contributed by atoms with E-state index in [9.17, 15) is 4.79 Å². The van der Waals surface area contributed by atoms with E-state index in [1.165, 1.54) is 0 Å². The molecule has 0 aromatic carbocycles. The van der Waals surface area contributed by atoms with Crippen molar-refractivity contribution in [3.8, 4) is 0 Å². The SMILES string of the molecule is CCOC(=O)CN1C[C@H](C)OC[C@H]1C. The molecule has 1 aliphatic heterocycles. The number of carbonyl (C=O) groups is 1. The van der Waals surface area contributed by atoms with E-state index in [4.69, 9.17) is 9.47 Å². The van der Waals surface area contributed by atoms with Crippen LogP contribution in [0.4, 0.5) is 0 Å². The molecular formula is C10H19NO3. The summed E-state index contributed by atoms with van der Waals surface area (Å²) in [4.78, 5) is 13.4. The Morgan fingerprint density at radius 1 is 1.57 bits per heavy atom. The molecule has 0 saturated carbocycles. The summed E-state index contributed by atoms with van der Waals surface area (Å²) in [6.07, 6.45) is 0.209. The fourth-order valence-corrected chi connectivity index (χ4v) is 1.56. The van der Waals surface area contributed by atoms with Gasteiger partial charge in [-0.3, -0.25) is 9.69 Å². The number of nitrogens with zero attached hydrogens (tertiary/aromatic N) is 1. The molecular weight excluding hydrogens is 182 g/mol. The van der Waals surface area contributed by atoms with Crippen molar-refractivity contribution < 1.29 is 14.3 Å². The van der Waals surface area contributed by atoms with E-state index in [1.807, 2.05) is 13.8 Å². The van der Waals surface area contributed by atoms with Crippen molar-refractivity contribution >= 4 is 5.97 Å². The summed E-state index contributed by atoms with van der Waals surface area (Å²) >= 11 is 0. The molecule has 0 aromatic rings. The average molecular weight is 201 g/mol. The Morgan fingerprint density at radius 2 is 2.29 bits per heavy atom. The molecule has 1 heterocycles. The maximum atomic E-state index is 11.3. The smallest absolute Gasteiger partial charge is 0.320 e. The highest BCUT2D eigenvalue weighted by Gasteiger charge is 2.25. The third-order valence-electron chi connectivity index (χ3n) is 2.37. The van der Waals surface area contributed by atoms with Gasteiger partial charge in [0.2, 0.25) is 0 Å². The summed E-state index contributed by atoms with van der Waals surface area (Å²) < 4.78 is 10.4. The first-order valence-corrected chi connectivity index (χ1v) is 5.14. The van der Waals surface area contributed by atoms with Crippen LogP contribution in [0.15, 0.2) is 0 Å². The molecule has 0 aromatic heterocycles. The number of hydrogen-bond donors (Lipinski definition) is 0. The second-order valence-corrected chi connectivity index (χ2v) is 3.73. The number of morpholine rings is 1. The predicted octanol–water partition coefficient (Wildman–Crippen LogP) is 0.659. The molecule has 0 amide bonds. The summed E-state index contributed by atoms with van der Waals surface area (Å²) in [6.45, 7) is 8.23. The molecule has 4 heteroatoms. The Labute approximate surface area is 85.2 Å². The van der Waals surface area contributed by atoms with Gasteiger partial charge in [-0.2, -0.15) is 0 Å². The summed E-state index contributed by atoms with van der Waals surface area (Å²) in [5, 5.41) is 0. The number of esters is 1. The molecule has 82 valence electrons. The fourth-order valence-electron chi connectivity index (χ4n) is 1.56. The van der Waals surface area contributed by atoms with E-state index < -0.39 is 0 Å². The quantitative estimate of drug-likeness (QED) is 0.629. The van der Waals surface area contributed by atoms with Gasteiger partial charge in [-0.05, 0) is 20.8 Å². The van der Waals surface area contributed by atoms with E-state index in [0.717, 1.165) is 6.54 Å². The Bertz CT molecular complexity index is 196. The Hall–Kier alpha value is -0.610. The molecule has 1 fully saturated rings. The Kier molecular flexibility index (Phi) is 4.35. The highest BCUT2D eigenvalue weighted by molar-refractivity contribution is 5.71. The second-order valence-electron chi connectivity index (χ2n) is 3.73. The first-order valence-electron chi connectivity index (χ1n) is 5.14. The maximum absolute atomic E-state index is 11.3. The molecule has 0 spiro atoms. The minimum atomic E-state index is -0.145. The van der Waals surface area contributed by atoms with E-state index >= 15 is 0 Å². The van der Waals surface area contributed by atoms with Crippen molar-refractivity contribution in [2.75, 3.05) is 26.3 Å². The normalized spacial score (nSPS) is 28.8. The van der Waals surface area contributed by atoms with E-state index in [2.05, 4.69) is 11.8 Å². The first kappa shape index (κ1) is 11.5. The van der Waals surface area contributed by atoms with E-state index in [1.54, 1.807) is 0 Å². The van der Waals surface area contributed by atoms with Gasteiger partial charge in [-0.25, -0.2) is 0 Å². The topological polar surface area (TPSA) is 38.8 Å². The highest BCUT2D eigenvalue weighted by atomic mass is 16.5. The molecule has 0 unspecified atom stereocenters. The van der Waals surface area contributed by atoms with Crippen molar-refractivity contribution in [1.82, 2.24) is 4.90 Å². The molecule has 1 aliphatic rings. The van der Waals surface area contributed by atoms with Gasteiger partial charge in [0, 0.05) is 12.6 Å². The van der Waals surface area contributed by atoms with Gasteiger partial charge in [0.05, 0.1) is 25.9 Å². The third kappa shape index (κ3) is 3.27. The molecule has 0 bridgehead atoms. The van der Waals surface area contributed by atoms with Crippen LogP contribution >= 0.6 is 0 Å². The van der Waals surface area contributed by atoms with Crippen molar-refractivity contribution in [2.45, 2.75) is 32.9 Å². The van der Waals surface area contributed by atoms with Crippen LogP contribution in [0.25, 0.3) is 0 Å². The largest absolute Gasteiger partial charge is 0.465 e. The van der Waals surface area contributed by atoms with Gasteiger partial charge in [-0.1, -0.05) is 0 Å². The van der Waals surface area contributed by atoms with Gasteiger partial charge in [0.15, 0.2) is 0 Å². The van der Waals surface area contributed by atoms with Crippen LogP contribution in [-0.2, 0) is 14.3 Å². The van der Waals surface area contributed by atoms with Crippen molar-refractivity contribution in [2.24, 2.45) is 0 Å². The van der Waals surface area contributed by atoms with Crippen LogP contribution in [0.2, 0.25) is 0 Å². The molecule has 14 heavy (non-hydrogen) atoms. The zero-order valence-corrected chi connectivity index (χ0v) is 9.16. The minimum absolute atomic E-state index is 0.145. The second kappa shape index (κ2) is 5.32. The zero-order chi connectivity index (χ0) is 10.6. The summed E-state index contributed by atoms with van der Waals surface area (Å²) in [6, 6.07) is 0.301. The maximum Gasteiger partial charge on any atom is 0.320 e. The minimum Gasteiger partial charge on any atom is -0.465 e.